The summed E-state index contributed by atoms with van der Waals surface area (Å²) >= 11 is 0. The highest BCUT2D eigenvalue weighted by Gasteiger charge is 2.23. The van der Waals surface area contributed by atoms with Crippen LogP contribution in [-0.2, 0) is 0 Å². The second-order valence-electron chi connectivity index (χ2n) is 5.30. The Kier molecular flexibility index (Phi) is 4.30. The average Bonchev–Trinajstić information content (AvgIpc) is 2.91. The lowest BCUT2D eigenvalue weighted by atomic mass is 9.99. The number of rotatable bonds is 4. The molecule has 1 unspecified atom stereocenters. The maximum atomic E-state index is 12.2. The summed E-state index contributed by atoms with van der Waals surface area (Å²) in [5.74, 6) is 1.13. The molecule has 1 aliphatic carbocycles. The molecular weight excluding hydrogens is 240 g/mol. The van der Waals surface area contributed by atoms with E-state index in [1.807, 2.05) is 0 Å². The summed E-state index contributed by atoms with van der Waals surface area (Å²) in [4.78, 5) is 12.2. The van der Waals surface area contributed by atoms with Crippen LogP contribution in [0.2, 0.25) is 0 Å². The van der Waals surface area contributed by atoms with E-state index >= 15 is 0 Å². The summed E-state index contributed by atoms with van der Waals surface area (Å²) in [6, 6.07) is 5.31. The number of benzene rings is 1. The van der Waals surface area contributed by atoms with Gasteiger partial charge in [0.2, 0.25) is 0 Å². The van der Waals surface area contributed by atoms with Gasteiger partial charge in [0.15, 0.2) is 0 Å². The molecule has 1 atom stereocenters. The molecule has 0 radical (unpaired) electrons. The van der Waals surface area contributed by atoms with E-state index in [1.54, 1.807) is 25.3 Å². The molecule has 1 aromatic rings. The van der Waals surface area contributed by atoms with Crippen molar-refractivity contribution in [3.05, 3.63) is 23.8 Å². The largest absolute Gasteiger partial charge is 0.497 e. The Bertz CT molecular complexity index is 453. The van der Waals surface area contributed by atoms with Gasteiger partial charge in [0.25, 0.3) is 5.91 Å². The molecule has 0 spiro atoms. The molecular formula is C15H22N2O2. The second kappa shape index (κ2) is 5.95. The fourth-order valence-electron chi connectivity index (χ4n) is 2.74. The molecule has 1 aromatic carbocycles. The molecule has 0 bridgehead atoms. The molecule has 4 heteroatoms. The predicted molar refractivity (Wildman–Crippen MR) is 76.3 cm³/mol. The van der Waals surface area contributed by atoms with Crippen LogP contribution < -0.4 is 15.8 Å². The molecule has 0 heterocycles. The van der Waals surface area contributed by atoms with Crippen molar-refractivity contribution in [2.24, 2.45) is 5.92 Å². The van der Waals surface area contributed by atoms with Crippen LogP contribution in [0.25, 0.3) is 0 Å². The first kappa shape index (κ1) is 13.7. The Balaban J connectivity index is 2.04. The van der Waals surface area contributed by atoms with Gasteiger partial charge < -0.3 is 15.8 Å². The topological polar surface area (TPSA) is 64.3 Å². The number of nitrogen functional groups attached to an aromatic ring is 1. The molecule has 19 heavy (non-hydrogen) atoms. The molecule has 1 amide bonds. The lowest BCUT2D eigenvalue weighted by Crippen LogP contribution is -2.37. The standard InChI is InChI=1S/C15H22N2O2/c1-10(11-5-3-4-6-11)17-15(18)12-7-13(16)9-14(8-12)19-2/h7-11H,3-6,16H2,1-2H3,(H,17,18). The van der Waals surface area contributed by atoms with Crippen LogP contribution in [0.5, 0.6) is 5.75 Å². The van der Waals surface area contributed by atoms with E-state index in [0.29, 0.717) is 22.9 Å². The van der Waals surface area contributed by atoms with Gasteiger partial charge in [-0.2, -0.15) is 0 Å². The van der Waals surface area contributed by atoms with Gasteiger partial charge in [-0.05, 0) is 37.8 Å². The summed E-state index contributed by atoms with van der Waals surface area (Å²) in [6.07, 6.45) is 4.97. The van der Waals surface area contributed by atoms with Crippen LogP contribution in [0.15, 0.2) is 18.2 Å². The van der Waals surface area contributed by atoms with Crippen LogP contribution in [0, 0.1) is 5.92 Å². The lowest BCUT2D eigenvalue weighted by molar-refractivity contribution is 0.0927. The Morgan fingerprint density at radius 2 is 2.05 bits per heavy atom. The number of hydrogen-bond acceptors (Lipinski definition) is 3. The van der Waals surface area contributed by atoms with E-state index < -0.39 is 0 Å². The molecule has 0 aliphatic heterocycles. The number of ether oxygens (including phenoxy) is 1. The average molecular weight is 262 g/mol. The van der Waals surface area contributed by atoms with E-state index in [9.17, 15) is 4.79 Å². The van der Waals surface area contributed by atoms with Gasteiger partial charge in [-0.3, -0.25) is 4.79 Å². The molecule has 1 aliphatic rings. The van der Waals surface area contributed by atoms with Crippen LogP contribution in [0.4, 0.5) is 5.69 Å². The number of amides is 1. The van der Waals surface area contributed by atoms with E-state index in [0.717, 1.165) is 0 Å². The summed E-state index contributed by atoms with van der Waals surface area (Å²) in [5.41, 5.74) is 6.86. The Hall–Kier alpha value is -1.71. The van der Waals surface area contributed by atoms with Gasteiger partial charge >= 0.3 is 0 Å². The van der Waals surface area contributed by atoms with Gasteiger partial charge in [0.05, 0.1) is 7.11 Å². The Morgan fingerprint density at radius 1 is 1.37 bits per heavy atom. The van der Waals surface area contributed by atoms with Crippen molar-refractivity contribution in [3.63, 3.8) is 0 Å². The van der Waals surface area contributed by atoms with Crippen LogP contribution >= 0.6 is 0 Å². The first-order valence-electron chi connectivity index (χ1n) is 6.85. The number of anilines is 1. The molecule has 3 N–H and O–H groups in total. The van der Waals surface area contributed by atoms with Crippen molar-refractivity contribution >= 4 is 11.6 Å². The van der Waals surface area contributed by atoms with Crippen LogP contribution in [-0.4, -0.2) is 19.1 Å². The molecule has 0 saturated heterocycles. The quantitative estimate of drug-likeness (QED) is 0.820. The van der Waals surface area contributed by atoms with Crippen molar-refractivity contribution in [1.29, 1.82) is 0 Å². The normalized spacial score (nSPS) is 17.2. The van der Waals surface area contributed by atoms with E-state index in [1.165, 1.54) is 25.7 Å². The van der Waals surface area contributed by atoms with Crippen molar-refractivity contribution in [3.8, 4) is 5.75 Å². The fourth-order valence-corrected chi connectivity index (χ4v) is 2.74. The SMILES string of the molecule is COc1cc(N)cc(C(=O)NC(C)C2CCCC2)c1. The highest BCUT2D eigenvalue weighted by molar-refractivity contribution is 5.95. The smallest absolute Gasteiger partial charge is 0.251 e. The number of methoxy groups -OCH3 is 1. The Morgan fingerprint density at radius 3 is 2.68 bits per heavy atom. The number of carbonyl (C=O) groups is 1. The predicted octanol–water partition coefficient (Wildman–Crippen LogP) is 2.59. The molecule has 1 saturated carbocycles. The third kappa shape index (κ3) is 3.40. The van der Waals surface area contributed by atoms with Gasteiger partial charge in [-0.1, -0.05) is 12.8 Å². The molecule has 0 aromatic heterocycles. The third-order valence-electron chi connectivity index (χ3n) is 3.89. The molecule has 4 nitrogen and oxygen atoms in total. The fraction of sp³-hybridized carbons (Fsp3) is 0.533. The second-order valence-corrected chi connectivity index (χ2v) is 5.30. The first-order valence-corrected chi connectivity index (χ1v) is 6.85. The van der Waals surface area contributed by atoms with Crippen molar-refractivity contribution in [1.82, 2.24) is 5.32 Å². The number of carbonyl (C=O) groups excluding carboxylic acids is 1. The molecule has 1 fully saturated rings. The lowest BCUT2D eigenvalue weighted by Gasteiger charge is -2.20. The van der Waals surface area contributed by atoms with Gasteiger partial charge in [0, 0.05) is 23.4 Å². The Labute approximate surface area is 114 Å². The number of nitrogens with two attached hydrogens (primary N) is 1. The maximum absolute atomic E-state index is 12.2. The van der Waals surface area contributed by atoms with Crippen LogP contribution in [0.3, 0.4) is 0 Å². The highest BCUT2D eigenvalue weighted by Crippen LogP contribution is 2.27. The highest BCUT2D eigenvalue weighted by atomic mass is 16.5. The zero-order chi connectivity index (χ0) is 13.8. The van der Waals surface area contributed by atoms with Gasteiger partial charge in [-0.25, -0.2) is 0 Å². The minimum Gasteiger partial charge on any atom is -0.497 e. The van der Waals surface area contributed by atoms with Crippen molar-refractivity contribution < 1.29 is 9.53 Å². The zero-order valence-electron chi connectivity index (χ0n) is 11.6. The van der Waals surface area contributed by atoms with Gasteiger partial charge in [0.1, 0.15) is 5.75 Å². The van der Waals surface area contributed by atoms with Crippen molar-refractivity contribution in [2.75, 3.05) is 12.8 Å². The number of nitrogens with one attached hydrogen (secondary N) is 1. The summed E-state index contributed by atoms with van der Waals surface area (Å²) in [7, 11) is 1.57. The van der Waals surface area contributed by atoms with Crippen LogP contribution in [0.1, 0.15) is 43.0 Å². The third-order valence-corrected chi connectivity index (χ3v) is 3.89. The minimum atomic E-state index is -0.0787. The van der Waals surface area contributed by atoms with Crippen molar-refractivity contribution in [2.45, 2.75) is 38.6 Å². The van der Waals surface area contributed by atoms with Gasteiger partial charge in [-0.15, -0.1) is 0 Å². The van der Waals surface area contributed by atoms with E-state index in [2.05, 4.69) is 12.2 Å². The van der Waals surface area contributed by atoms with E-state index in [4.69, 9.17) is 10.5 Å². The molecule has 104 valence electrons. The first-order chi connectivity index (χ1) is 9.10. The number of hydrogen-bond donors (Lipinski definition) is 2. The summed E-state index contributed by atoms with van der Waals surface area (Å²) < 4.78 is 5.13. The molecule has 2 rings (SSSR count). The summed E-state index contributed by atoms with van der Waals surface area (Å²) in [6.45, 7) is 2.08. The van der Waals surface area contributed by atoms with E-state index in [-0.39, 0.29) is 11.9 Å². The monoisotopic (exact) mass is 262 g/mol. The maximum Gasteiger partial charge on any atom is 0.251 e. The zero-order valence-corrected chi connectivity index (χ0v) is 11.6. The minimum absolute atomic E-state index is 0.0787. The summed E-state index contributed by atoms with van der Waals surface area (Å²) in [5, 5.41) is 3.07.